The highest BCUT2D eigenvalue weighted by Crippen LogP contribution is 2.42. The fraction of sp³-hybridized carbons (Fsp3) is 0.385. The molecular weight excluding hydrogens is 719 g/mol. The van der Waals surface area contributed by atoms with Crippen LogP contribution < -0.4 is 5.32 Å². The van der Waals surface area contributed by atoms with Crippen LogP contribution >= 0.6 is 0 Å². The summed E-state index contributed by atoms with van der Waals surface area (Å²) in [5.41, 5.74) is 4.46. The normalized spacial score (nSPS) is 13.3. The smallest absolute Gasteiger partial charge is 0.308 e. The van der Waals surface area contributed by atoms with E-state index in [0.717, 1.165) is 5.56 Å². The first-order chi connectivity index (χ1) is 26.3. The largest absolute Gasteiger partial charge is 0.463 e. The number of nitrogens with one attached hydrogen (secondary N) is 1. The summed E-state index contributed by atoms with van der Waals surface area (Å²) in [6, 6.07) is 24.5. The van der Waals surface area contributed by atoms with Crippen LogP contribution in [0.3, 0.4) is 0 Å². The minimum atomic E-state index is -1.29. The van der Waals surface area contributed by atoms with Gasteiger partial charge in [0.1, 0.15) is 18.5 Å². The molecule has 0 aliphatic rings. The van der Waals surface area contributed by atoms with Gasteiger partial charge in [-0.15, -0.1) is 0 Å². The minimum Gasteiger partial charge on any atom is -0.463 e. The summed E-state index contributed by atoms with van der Waals surface area (Å²) in [5.74, 6) is -1.75. The van der Waals surface area contributed by atoms with E-state index in [1.807, 2.05) is 66.9 Å². The van der Waals surface area contributed by atoms with Crippen molar-refractivity contribution in [1.29, 1.82) is 0 Å². The Balaban J connectivity index is 1.53. The van der Waals surface area contributed by atoms with Crippen molar-refractivity contribution >= 4 is 17.6 Å². The third-order valence-electron chi connectivity index (χ3n) is 8.72. The van der Waals surface area contributed by atoms with E-state index in [0.29, 0.717) is 46.6 Å². The molecule has 0 fully saturated rings. The number of anilines is 1. The molecule has 4 rings (SSSR count). The lowest BCUT2D eigenvalue weighted by Crippen LogP contribution is -2.30. The zero-order chi connectivity index (χ0) is 39.9. The molecule has 0 radical (unpaired) electrons. The van der Waals surface area contributed by atoms with Crippen LogP contribution in [0.25, 0.3) is 22.4 Å². The minimum absolute atomic E-state index is 0.0500. The summed E-state index contributed by atoms with van der Waals surface area (Å²) < 4.78 is 21.3. The number of para-hydroxylation sites is 1. The van der Waals surface area contributed by atoms with E-state index in [9.17, 15) is 24.2 Å². The number of ether oxygens (including phenoxy) is 1. The molecule has 1 amide bonds. The Hall–Kier alpha value is -4.59. The number of nitrogens with zero attached hydrogens (tertiary/aromatic N) is 3. The zero-order valence-electron chi connectivity index (χ0n) is 30.7. The predicted molar refractivity (Wildman–Crippen MR) is 196 cm³/mol. The molecule has 298 valence electrons. The van der Waals surface area contributed by atoms with Gasteiger partial charge in [0, 0.05) is 23.5 Å². The summed E-state index contributed by atoms with van der Waals surface area (Å²) in [6.45, 7) is 3.69. The highest BCUT2D eigenvalue weighted by Gasteiger charge is 2.31. The number of esters is 1. The first-order valence-electron chi connectivity index (χ1n) is 17.9. The van der Waals surface area contributed by atoms with E-state index in [4.69, 9.17) is 30.4 Å². The van der Waals surface area contributed by atoms with Crippen molar-refractivity contribution in [2.45, 2.75) is 83.1 Å². The average molecular weight is 769 g/mol. The summed E-state index contributed by atoms with van der Waals surface area (Å²) >= 11 is 0. The van der Waals surface area contributed by atoms with E-state index >= 15 is 0 Å². The van der Waals surface area contributed by atoms with Crippen LogP contribution in [-0.2, 0) is 25.8 Å². The van der Waals surface area contributed by atoms with E-state index in [1.165, 1.54) is 12.1 Å². The van der Waals surface area contributed by atoms with E-state index in [2.05, 4.69) is 10.2 Å². The molecular formula is C39H49FN4O11. The van der Waals surface area contributed by atoms with Crippen molar-refractivity contribution < 1.29 is 59.4 Å². The fourth-order valence-electron chi connectivity index (χ4n) is 6.36. The fourth-order valence-corrected chi connectivity index (χ4v) is 6.36. The number of hydrogen-bond acceptors (Lipinski definition) is 13. The van der Waals surface area contributed by atoms with E-state index < -0.39 is 47.3 Å². The second-order valence-corrected chi connectivity index (χ2v) is 13.3. The molecule has 0 aliphatic heterocycles. The summed E-state index contributed by atoms with van der Waals surface area (Å²) in [6.07, 6.45) is -3.00. The van der Waals surface area contributed by atoms with Crippen LogP contribution in [0.2, 0.25) is 0 Å². The van der Waals surface area contributed by atoms with Gasteiger partial charge in [-0.25, -0.2) is 9.23 Å². The number of rotatable bonds is 22. The molecule has 7 N–H and O–H groups in total. The number of aliphatic hydroxyl groups is 2. The maximum absolute atomic E-state index is 14.3. The molecule has 15 nitrogen and oxygen atoms in total. The van der Waals surface area contributed by atoms with Crippen LogP contribution in [0.5, 0.6) is 0 Å². The number of carbonyl (C=O) groups excluding carboxylic acids is 2. The quantitative estimate of drug-likeness (QED) is 0.0265. The van der Waals surface area contributed by atoms with Crippen molar-refractivity contribution in [1.82, 2.24) is 15.3 Å². The third-order valence-corrected chi connectivity index (χ3v) is 8.72. The number of halogens is 1. The molecule has 1 heterocycles. The maximum atomic E-state index is 14.3. The van der Waals surface area contributed by atoms with Gasteiger partial charge in [0.2, 0.25) is 0 Å². The molecule has 0 saturated heterocycles. The number of unbranched alkanes of at least 4 members (excludes halogenated alkanes) is 1. The van der Waals surface area contributed by atoms with Gasteiger partial charge in [-0.2, -0.15) is 0 Å². The summed E-state index contributed by atoms with van der Waals surface area (Å²) in [7, 11) is 0. The Kier molecular flexibility index (Phi) is 16.9. The second kappa shape index (κ2) is 21.5. The SMILES string of the molecule is CC(C)c1c(C(=O)Nc2ccccc2)c(-c2ccccc2)c(-c2ccc(F)cc2)n1CC[C@@H](O)C[C@@H](O)CC(=O)OC[C@@H](CCCCON(O)O)ON(O)O. The first kappa shape index (κ1) is 43.1. The lowest BCUT2D eigenvalue weighted by atomic mass is 9.94. The molecule has 0 unspecified atom stereocenters. The van der Waals surface area contributed by atoms with Gasteiger partial charge in [0.25, 0.3) is 5.91 Å². The molecule has 1 aromatic heterocycles. The first-order valence-corrected chi connectivity index (χ1v) is 17.9. The van der Waals surface area contributed by atoms with Gasteiger partial charge in [-0.1, -0.05) is 62.4 Å². The third kappa shape index (κ3) is 13.3. The van der Waals surface area contributed by atoms with Gasteiger partial charge in [-0.05, 0) is 85.5 Å². The standard InChI is InChI=1S/C39H49FN4O11/c1-26(2)37-36(39(48)41-30-13-7-4-8-14-30)35(27-11-5-3-6-12-27)38(28-16-18-29(40)19-17-28)42(37)21-20-31(45)23-32(46)24-34(47)53-25-33(55-44(51)52)15-9-10-22-54-43(49)50/h3-8,11-14,16-19,26,31-33,45-46,49-52H,9-10,15,20-25H2,1-2H3,(H,41,48)/t31-,32-,33-/m1/s1. The Morgan fingerprint density at radius 3 is 2.09 bits per heavy atom. The van der Waals surface area contributed by atoms with Gasteiger partial charge in [0.15, 0.2) is 0 Å². The van der Waals surface area contributed by atoms with Gasteiger partial charge in [-0.3, -0.25) is 35.3 Å². The summed E-state index contributed by atoms with van der Waals surface area (Å²) in [5, 5.41) is 59.2. The molecule has 0 spiro atoms. The van der Waals surface area contributed by atoms with Crippen molar-refractivity contribution in [2.24, 2.45) is 0 Å². The average Bonchev–Trinajstić information content (AvgIpc) is 3.49. The summed E-state index contributed by atoms with van der Waals surface area (Å²) in [4.78, 5) is 36.1. The Labute approximate surface area is 318 Å². The number of benzene rings is 3. The molecule has 55 heavy (non-hydrogen) atoms. The zero-order valence-corrected chi connectivity index (χ0v) is 30.7. The molecule has 0 bridgehead atoms. The van der Waals surface area contributed by atoms with Crippen LogP contribution in [0.1, 0.15) is 74.3 Å². The van der Waals surface area contributed by atoms with Gasteiger partial charge in [0.05, 0.1) is 47.3 Å². The monoisotopic (exact) mass is 768 g/mol. The molecule has 0 aliphatic carbocycles. The Morgan fingerprint density at radius 1 is 0.818 bits per heavy atom. The maximum Gasteiger partial charge on any atom is 0.308 e. The Morgan fingerprint density at radius 2 is 1.47 bits per heavy atom. The Bertz CT molecular complexity index is 1770. The lowest BCUT2D eigenvalue weighted by molar-refractivity contribution is -0.506. The van der Waals surface area contributed by atoms with Crippen LogP contribution in [0.4, 0.5) is 10.1 Å². The predicted octanol–water partition coefficient (Wildman–Crippen LogP) is 6.34. The molecule has 3 atom stereocenters. The number of carbonyl (C=O) groups is 2. The van der Waals surface area contributed by atoms with Crippen LogP contribution in [-0.4, -0.2) is 89.8 Å². The van der Waals surface area contributed by atoms with Crippen molar-refractivity contribution in [3.8, 4) is 22.4 Å². The van der Waals surface area contributed by atoms with Crippen LogP contribution in [0.15, 0.2) is 84.9 Å². The number of amides is 1. The molecule has 16 heteroatoms. The van der Waals surface area contributed by atoms with Gasteiger partial charge < -0.3 is 24.8 Å². The van der Waals surface area contributed by atoms with Crippen LogP contribution in [0, 0.1) is 5.82 Å². The molecule has 4 aromatic rings. The van der Waals surface area contributed by atoms with Gasteiger partial charge >= 0.3 is 5.97 Å². The van der Waals surface area contributed by atoms with Crippen molar-refractivity contribution in [3.05, 3.63) is 102 Å². The van der Waals surface area contributed by atoms with Crippen molar-refractivity contribution in [2.75, 3.05) is 18.5 Å². The highest BCUT2D eigenvalue weighted by atomic mass is 19.1. The number of aromatic nitrogens is 1. The molecule has 3 aromatic carbocycles. The lowest BCUT2D eigenvalue weighted by Gasteiger charge is -2.21. The number of aliphatic hydroxyl groups excluding tert-OH is 2. The number of hydrogen-bond donors (Lipinski definition) is 7. The van der Waals surface area contributed by atoms with Crippen molar-refractivity contribution in [3.63, 3.8) is 0 Å². The second-order valence-electron chi connectivity index (χ2n) is 13.3. The highest BCUT2D eigenvalue weighted by molar-refractivity contribution is 6.12. The topological polar surface area (TPSA) is 207 Å². The van der Waals surface area contributed by atoms with E-state index in [-0.39, 0.29) is 50.8 Å². The molecule has 0 saturated carbocycles. The van der Waals surface area contributed by atoms with E-state index in [1.54, 1.807) is 24.3 Å².